The molecule has 1 aromatic carbocycles. The lowest BCUT2D eigenvalue weighted by Crippen LogP contribution is -2.44. The molecule has 2 unspecified atom stereocenters. The Morgan fingerprint density at radius 2 is 2.04 bits per heavy atom. The fraction of sp³-hybridized carbons (Fsp3) is 0.412. The molecule has 3 heterocycles. The van der Waals surface area contributed by atoms with E-state index in [1.165, 1.54) is 4.88 Å². The van der Waals surface area contributed by atoms with Crippen LogP contribution in [0.15, 0.2) is 34.9 Å². The lowest BCUT2D eigenvalue weighted by molar-refractivity contribution is -0.0702. The molecule has 2 aromatic heterocycles. The summed E-state index contributed by atoms with van der Waals surface area (Å²) in [5, 5.41) is 8.69. The van der Waals surface area contributed by atoms with Gasteiger partial charge in [0.1, 0.15) is 0 Å². The van der Waals surface area contributed by atoms with Crippen molar-refractivity contribution in [3.63, 3.8) is 0 Å². The molecule has 4 rings (SSSR count). The van der Waals surface area contributed by atoms with Crippen molar-refractivity contribution in [2.24, 2.45) is 0 Å². The van der Waals surface area contributed by atoms with E-state index in [9.17, 15) is 0 Å². The first-order chi connectivity index (χ1) is 11.6. The molecule has 3 aromatic rings. The van der Waals surface area contributed by atoms with Gasteiger partial charge in [0.2, 0.25) is 4.96 Å². The summed E-state index contributed by atoms with van der Waals surface area (Å²) in [7, 11) is 0. The zero-order valence-corrected chi connectivity index (χ0v) is 16.0. The molecule has 0 aliphatic carbocycles. The predicted octanol–water partition coefficient (Wildman–Crippen LogP) is 3.83. The second-order valence-electron chi connectivity index (χ2n) is 6.34. The molecule has 126 valence electrons. The highest BCUT2D eigenvalue weighted by Gasteiger charge is 2.23. The third-order valence-electron chi connectivity index (χ3n) is 4.12. The second-order valence-corrected chi connectivity index (χ2v) is 8.34. The predicted molar refractivity (Wildman–Crippen MR) is 99.3 cm³/mol. The minimum Gasteiger partial charge on any atom is -0.373 e. The fourth-order valence-electron chi connectivity index (χ4n) is 3.28. The van der Waals surface area contributed by atoms with Crippen LogP contribution in [0.5, 0.6) is 0 Å². The van der Waals surface area contributed by atoms with Gasteiger partial charge in [0.25, 0.3) is 0 Å². The van der Waals surface area contributed by atoms with Crippen LogP contribution in [0, 0.1) is 0 Å². The first-order valence-electron chi connectivity index (χ1n) is 8.05. The van der Waals surface area contributed by atoms with Crippen LogP contribution in [0.4, 0.5) is 0 Å². The molecule has 7 heteroatoms. The molecule has 0 bridgehead atoms. The summed E-state index contributed by atoms with van der Waals surface area (Å²) in [5.74, 6) is 0.887. The summed E-state index contributed by atoms with van der Waals surface area (Å²) in [6.45, 7) is 7.16. The summed E-state index contributed by atoms with van der Waals surface area (Å²) in [5.41, 5.74) is 1.06. The molecule has 24 heavy (non-hydrogen) atoms. The molecular weight excluding hydrogens is 388 g/mol. The molecule has 1 aliphatic heterocycles. The average Bonchev–Trinajstić information content (AvgIpc) is 3.05. The van der Waals surface area contributed by atoms with Crippen LogP contribution in [0.25, 0.3) is 16.3 Å². The third kappa shape index (κ3) is 3.26. The van der Waals surface area contributed by atoms with Crippen molar-refractivity contribution < 1.29 is 4.74 Å². The highest BCUT2D eigenvalue weighted by Crippen LogP contribution is 2.27. The van der Waals surface area contributed by atoms with Gasteiger partial charge in [0.15, 0.2) is 5.82 Å². The van der Waals surface area contributed by atoms with Gasteiger partial charge >= 0.3 is 0 Å². The molecule has 0 N–H and O–H groups in total. The Morgan fingerprint density at radius 3 is 2.79 bits per heavy atom. The van der Waals surface area contributed by atoms with Gasteiger partial charge in [-0.15, -0.1) is 10.2 Å². The van der Waals surface area contributed by atoms with Crippen LogP contribution in [-0.4, -0.2) is 44.8 Å². The van der Waals surface area contributed by atoms with Crippen molar-refractivity contribution in [3.05, 3.63) is 39.8 Å². The van der Waals surface area contributed by atoms with Gasteiger partial charge in [0, 0.05) is 40.7 Å². The Morgan fingerprint density at radius 1 is 1.25 bits per heavy atom. The normalized spacial score (nSPS) is 22.3. The lowest BCUT2D eigenvalue weighted by Gasteiger charge is -2.34. The number of ether oxygens (including phenoxy) is 1. The van der Waals surface area contributed by atoms with Crippen LogP contribution in [0.3, 0.4) is 0 Å². The van der Waals surface area contributed by atoms with Crippen LogP contribution in [0.1, 0.15) is 18.7 Å². The Labute approximate surface area is 153 Å². The zero-order valence-electron chi connectivity index (χ0n) is 13.6. The van der Waals surface area contributed by atoms with Gasteiger partial charge in [-0.2, -0.15) is 0 Å². The van der Waals surface area contributed by atoms with Gasteiger partial charge < -0.3 is 4.74 Å². The first-order valence-corrected chi connectivity index (χ1v) is 9.66. The Bertz CT molecular complexity index is 851. The molecular formula is C17H19BrN4OS. The van der Waals surface area contributed by atoms with E-state index in [2.05, 4.69) is 67.6 Å². The lowest BCUT2D eigenvalue weighted by atomic mass is 10.2. The van der Waals surface area contributed by atoms with Crippen molar-refractivity contribution in [2.45, 2.75) is 32.6 Å². The topological polar surface area (TPSA) is 42.7 Å². The van der Waals surface area contributed by atoms with Gasteiger partial charge in [-0.05, 0) is 26.0 Å². The van der Waals surface area contributed by atoms with Crippen molar-refractivity contribution >= 4 is 32.2 Å². The highest BCUT2D eigenvalue weighted by atomic mass is 79.9. The molecule has 2 atom stereocenters. The van der Waals surface area contributed by atoms with Crippen LogP contribution < -0.4 is 0 Å². The summed E-state index contributed by atoms with van der Waals surface area (Å²) in [6, 6.07) is 8.16. The molecule has 0 radical (unpaired) electrons. The van der Waals surface area contributed by atoms with E-state index in [0.29, 0.717) is 0 Å². The largest absolute Gasteiger partial charge is 0.373 e. The first kappa shape index (κ1) is 16.2. The number of halogens is 1. The second kappa shape index (κ2) is 6.55. The standard InChI is InChI=1S/C17H19BrN4OS/c1-11-7-21(8-12(2)23-11)9-15-10-22-16(19-20-17(22)24-15)13-4-3-5-14(18)6-13/h3-6,10-12H,7-9H2,1-2H3. The number of benzene rings is 1. The number of aromatic nitrogens is 3. The minimum atomic E-state index is 0.289. The molecule has 1 aliphatic rings. The average molecular weight is 407 g/mol. The minimum absolute atomic E-state index is 0.289. The van der Waals surface area contributed by atoms with E-state index >= 15 is 0 Å². The zero-order chi connectivity index (χ0) is 16.7. The SMILES string of the molecule is CC1CN(Cc2cn3c(-c4cccc(Br)c4)nnc3s2)CC(C)O1. The number of thiazole rings is 1. The number of nitrogens with zero attached hydrogens (tertiary/aromatic N) is 4. The van der Waals surface area contributed by atoms with Crippen LogP contribution >= 0.6 is 27.3 Å². The van der Waals surface area contributed by atoms with E-state index < -0.39 is 0 Å². The number of hydrogen-bond acceptors (Lipinski definition) is 5. The number of rotatable bonds is 3. The smallest absolute Gasteiger partial charge is 0.216 e. The Hall–Kier alpha value is -1.28. The molecule has 0 amide bonds. The number of hydrogen-bond donors (Lipinski definition) is 0. The Kier molecular flexibility index (Phi) is 4.42. The quantitative estimate of drug-likeness (QED) is 0.662. The monoisotopic (exact) mass is 406 g/mol. The van der Waals surface area contributed by atoms with Gasteiger partial charge in [-0.3, -0.25) is 9.30 Å². The number of morpholine rings is 1. The van der Waals surface area contributed by atoms with Gasteiger partial charge in [-0.25, -0.2) is 0 Å². The Balaban J connectivity index is 1.60. The van der Waals surface area contributed by atoms with E-state index in [4.69, 9.17) is 4.74 Å². The van der Waals surface area contributed by atoms with Crippen molar-refractivity contribution in [1.82, 2.24) is 19.5 Å². The van der Waals surface area contributed by atoms with Gasteiger partial charge in [-0.1, -0.05) is 39.4 Å². The summed E-state index contributed by atoms with van der Waals surface area (Å²) in [4.78, 5) is 4.70. The van der Waals surface area contributed by atoms with Crippen LogP contribution in [-0.2, 0) is 11.3 Å². The maximum atomic E-state index is 5.82. The summed E-state index contributed by atoms with van der Waals surface area (Å²) < 4.78 is 8.95. The van der Waals surface area contributed by atoms with Crippen molar-refractivity contribution in [3.8, 4) is 11.4 Å². The molecule has 5 nitrogen and oxygen atoms in total. The maximum Gasteiger partial charge on any atom is 0.216 e. The van der Waals surface area contributed by atoms with Crippen molar-refractivity contribution in [2.75, 3.05) is 13.1 Å². The van der Waals surface area contributed by atoms with Crippen LogP contribution in [0.2, 0.25) is 0 Å². The molecule has 1 fully saturated rings. The molecule has 0 saturated carbocycles. The maximum absolute atomic E-state index is 5.82. The molecule has 0 spiro atoms. The van der Waals surface area contributed by atoms with Crippen molar-refractivity contribution in [1.29, 1.82) is 0 Å². The highest BCUT2D eigenvalue weighted by molar-refractivity contribution is 9.10. The van der Waals surface area contributed by atoms with E-state index in [1.807, 2.05) is 12.1 Å². The summed E-state index contributed by atoms with van der Waals surface area (Å²) >= 11 is 5.23. The third-order valence-corrected chi connectivity index (χ3v) is 5.57. The summed E-state index contributed by atoms with van der Waals surface area (Å²) in [6.07, 6.45) is 2.74. The fourth-order valence-corrected chi connectivity index (χ4v) is 4.64. The number of fused-ring (bicyclic) bond motifs is 1. The van der Waals surface area contributed by atoms with E-state index in [-0.39, 0.29) is 12.2 Å². The van der Waals surface area contributed by atoms with E-state index in [1.54, 1.807) is 11.3 Å². The molecule has 1 saturated heterocycles. The van der Waals surface area contributed by atoms with Gasteiger partial charge in [0.05, 0.1) is 12.2 Å². The van der Waals surface area contributed by atoms with E-state index in [0.717, 1.165) is 40.5 Å².